The predicted molar refractivity (Wildman–Crippen MR) is 249 cm³/mol. The van der Waals surface area contributed by atoms with Gasteiger partial charge >= 0.3 is 0 Å². The Kier molecular flexibility index (Phi) is 13.7. The zero-order valence-corrected chi connectivity index (χ0v) is 42.7. The first-order chi connectivity index (χ1) is 29.2. The summed E-state index contributed by atoms with van der Waals surface area (Å²) in [6.45, 7) is 29.3. The minimum absolute atomic E-state index is 0.113. The maximum atomic E-state index is 15.2. The fourth-order valence-corrected chi connectivity index (χ4v) is 12.5. The van der Waals surface area contributed by atoms with E-state index in [4.69, 9.17) is 0 Å². The van der Waals surface area contributed by atoms with Crippen molar-refractivity contribution in [3.8, 4) is 0 Å². The van der Waals surface area contributed by atoms with Crippen LogP contribution in [0.4, 0.5) is 0 Å². The van der Waals surface area contributed by atoms with Crippen LogP contribution in [0.2, 0.25) is 0 Å². The third-order valence-corrected chi connectivity index (χ3v) is 17.4. The normalized spacial score (nSPS) is 30.4. The molecule has 4 heterocycles. The molecule has 7 rings (SSSR count). The van der Waals surface area contributed by atoms with Gasteiger partial charge in [0.1, 0.15) is 0 Å². The Hall–Kier alpha value is -1.95. The Morgan fingerprint density at radius 1 is 0.365 bits per heavy atom. The Balaban J connectivity index is 1.41. The number of amides is 3. The summed E-state index contributed by atoms with van der Waals surface area (Å²) in [6.07, 6.45) is 16.4. The van der Waals surface area contributed by atoms with Gasteiger partial charge in [-0.25, -0.2) is 0 Å². The van der Waals surface area contributed by atoms with Crippen LogP contribution < -0.4 is 0 Å². The molecule has 15 heteroatoms. The average Bonchev–Trinajstić information content (AvgIpc) is 3.23. The van der Waals surface area contributed by atoms with Crippen molar-refractivity contribution in [3.63, 3.8) is 0 Å². The van der Waals surface area contributed by atoms with Gasteiger partial charge < -0.3 is 0 Å². The smallest absolute Gasteiger partial charge is 0.257 e. The first kappa shape index (κ1) is 49.0. The minimum atomic E-state index is -0.723. The van der Waals surface area contributed by atoms with Gasteiger partial charge in [0.25, 0.3) is 17.7 Å². The molecule has 7 aliphatic rings. The Labute approximate surface area is 382 Å². The van der Waals surface area contributed by atoms with Crippen molar-refractivity contribution in [1.29, 1.82) is 0 Å². The van der Waals surface area contributed by atoms with E-state index >= 15 is 14.4 Å². The van der Waals surface area contributed by atoms with E-state index in [0.717, 1.165) is 77.0 Å². The molecule has 63 heavy (non-hydrogen) atoms. The molecule has 3 aliphatic carbocycles. The van der Waals surface area contributed by atoms with Gasteiger partial charge in [-0.3, -0.25) is 44.1 Å². The van der Waals surface area contributed by atoms with Gasteiger partial charge in [-0.1, -0.05) is 57.8 Å². The van der Waals surface area contributed by atoms with Crippen molar-refractivity contribution in [3.05, 3.63) is 0 Å². The Morgan fingerprint density at radius 3 is 0.778 bits per heavy atom. The fraction of sp³-hybridized carbons (Fsp3) is 0.938. The largest absolute Gasteiger partial charge is 0.286 e. The Bertz CT molecular complexity index is 1470. The van der Waals surface area contributed by atoms with E-state index in [1.165, 1.54) is 19.3 Å². The number of rotatable bonds is 9. The molecule has 7 fully saturated rings. The van der Waals surface area contributed by atoms with Gasteiger partial charge in [-0.2, -0.15) is 15.0 Å². The maximum absolute atomic E-state index is 15.2. The molecule has 0 bridgehead atoms. The van der Waals surface area contributed by atoms with E-state index in [0.29, 0.717) is 39.6 Å². The van der Waals surface area contributed by atoms with Crippen LogP contribution in [0.3, 0.4) is 0 Å². The van der Waals surface area contributed by atoms with Gasteiger partial charge in [0.05, 0.1) is 56.3 Å². The van der Waals surface area contributed by atoms with Crippen LogP contribution in [0.5, 0.6) is 0 Å². The molecule has 0 aromatic heterocycles. The van der Waals surface area contributed by atoms with Gasteiger partial charge in [0.15, 0.2) is 0 Å². The summed E-state index contributed by atoms with van der Waals surface area (Å²) in [5, 5.41) is 20.9. The molecule has 15 nitrogen and oxygen atoms in total. The molecule has 0 atom stereocenters. The summed E-state index contributed by atoms with van der Waals surface area (Å²) in [5.41, 5.74) is -3.02. The highest BCUT2D eigenvalue weighted by Crippen LogP contribution is 2.41. The third kappa shape index (κ3) is 8.87. The number of carbonyl (C=O) groups is 3. The minimum Gasteiger partial charge on any atom is -0.286 e. The van der Waals surface area contributed by atoms with Crippen molar-refractivity contribution in [1.82, 2.24) is 60.1 Å². The zero-order chi connectivity index (χ0) is 46.2. The van der Waals surface area contributed by atoms with Crippen molar-refractivity contribution < 1.29 is 14.4 Å². The molecule has 360 valence electrons. The molecule has 4 aliphatic heterocycles. The van der Waals surface area contributed by atoms with Gasteiger partial charge in [0.2, 0.25) is 0 Å². The molecule has 0 radical (unpaired) electrons. The van der Waals surface area contributed by atoms with Gasteiger partial charge in [-0.15, -0.1) is 15.4 Å². The second-order valence-corrected chi connectivity index (χ2v) is 24.2. The Morgan fingerprint density at radius 2 is 0.571 bits per heavy atom. The number of hydrogen-bond acceptors (Lipinski definition) is 12. The highest BCUT2D eigenvalue weighted by Gasteiger charge is 2.57. The number of hydrazine groups is 6. The van der Waals surface area contributed by atoms with Crippen molar-refractivity contribution in [2.24, 2.45) is 0 Å². The summed E-state index contributed by atoms with van der Waals surface area (Å²) in [7, 11) is 6.29. The second-order valence-electron chi connectivity index (χ2n) is 24.2. The molecule has 0 N–H and O–H groups in total. The average molecular weight is 883 g/mol. The number of carbonyl (C=O) groups excluding carboxylic acids is 3. The quantitative estimate of drug-likeness (QED) is 0.266. The number of piperazine rings is 3. The van der Waals surface area contributed by atoms with Crippen LogP contribution in [0.15, 0.2) is 0 Å². The molecule has 3 saturated carbocycles. The first-order valence-electron chi connectivity index (χ1n) is 25.0. The zero-order valence-electron chi connectivity index (χ0n) is 42.7. The summed E-state index contributed by atoms with van der Waals surface area (Å²) in [6, 6.07) is 0.408. The summed E-state index contributed by atoms with van der Waals surface area (Å²) >= 11 is 0. The van der Waals surface area contributed by atoms with E-state index in [1.807, 2.05) is 0 Å². The molecule has 0 aromatic carbocycles. The lowest BCUT2D eigenvalue weighted by atomic mass is 9.88. The number of hydrogen-bond donors (Lipinski definition) is 0. The van der Waals surface area contributed by atoms with Crippen LogP contribution in [-0.4, -0.2) is 190 Å². The fourth-order valence-electron chi connectivity index (χ4n) is 12.5. The lowest BCUT2D eigenvalue weighted by molar-refractivity contribution is -0.364. The van der Waals surface area contributed by atoms with Crippen LogP contribution in [-0.2, 0) is 14.4 Å². The predicted octanol–water partition coefficient (Wildman–Crippen LogP) is 6.17. The summed E-state index contributed by atoms with van der Waals surface area (Å²) in [4.78, 5) is 52.3. The molecule has 0 unspecified atom stereocenters. The molecule has 0 aromatic rings. The number of likely N-dealkylation sites (N-methyl/N-ethyl adjacent to an activating group) is 3. The summed E-state index contributed by atoms with van der Waals surface area (Å²) in [5.74, 6) is 0.340. The second kappa shape index (κ2) is 17.6. The first-order valence-corrected chi connectivity index (χ1v) is 25.0. The standard InChI is InChI=1S/C48H90N12O3/c1-43(2)31-55(40(61)46(7,8)49(43)13)58(37-25-19-16-20-26-37)52-34-53(59(38-27-21-17-22-28-38)56-32-44(3,4)50(14)47(9,10)41(56)62)36-54(35-52)60(39-29-23-18-24-30-39)57-33-45(5,6)51(15)48(11,12)42(57)63/h37-39H,16-36H2,1-15H3. The third-order valence-electron chi connectivity index (χ3n) is 17.4. The van der Waals surface area contributed by atoms with E-state index in [9.17, 15) is 0 Å². The lowest BCUT2D eigenvalue weighted by Gasteiger charge is -2.64. The maximum Gasteiger partial charge on any atom is 0.257 e. The van der Waals surface area contributed by atoms with Crippen LogP contribution >= 0.6 is 0 Å². The molecular weight excluding hydrogens is 793 g/mol. The van der Waals surface area contributed by atoms with Crippen molar-refractivity contribution in [2.45, 2.75) is 231 Å². The van der Waals surface area contributed by atoms with Crippen molar-refractivity contribution in [2.75, 3.05) is 60.8 Å². The lowest BCUT2D eigenvalue weighted by Crippen LogP contribution is -2.81. The van der Waals surface area contributed by atoms with Crippen LogP contribution in [0.1, 0.15) is 179 Å². The molecular formula is C48H90N12O3. The van der Waals surface area contributed by atoms with Crippen LogP contribution in [0.25, 0.3) is 0 Å². The number of nitrogens with zero attached hydrogens (tertiary/aromatic N) is 12. The van der Waals surface area contributed by atoms with Gasteiger partial charge in [0, 0.05) is 34.7 Å². The van der Waals surface area contributed by atoms with Crippen LogP contribution in [0, 0.1) is 0 Å². The van der Waals surface area contributed by atoms with E-state index < -0.39 is 16.6 Å². The summed E-state index contributed by atoms with van der Waals surface area (Å²) < 4.78 is 0. The molecule has 4 saturated heterocycles. The SMILES string of the molecule is CN1C(C)(C)CN(N(C2CCCCC2)N2CN(N(C3CCCCC3)N3CC(C)(C)N(C)C(C)(C)C3=O)CN(N(C3CCCCC3)N3CC(C)(C)N(C)C(C)(C)C3=O)C2)C(=O)C1(C)C. The monoisotopic (exact) mass is 883 g/mol. The molecule has 3 amide bonds. The van der Waals surface area contributed by atoms with Crippen molar-refractivity contribution >= 4 is 17.7 Å². The van der Waals surface area contributed by atoms with Gasteiger partial charge in [-0.05, 0) is 143 Å². The van der Waals surface area contributed by atoms with E-state index in [1.54, 1.807) is 0 Å². The van der Waals surface area contributed by atoms with E-state index in [2.05, 4.69) is 164 Å². The highest BCUT2D eigenvalue weighted by atomic mass is 16.2. The molecule has 0 spiro atoms. The topological polar surface area (TPSA) is 90.1 Å². The highest BCUT2D eigenvalue weighted by molar-refractivity contribution is 5.87. The van der Waals surface area contributed by atoms with E-state index in [-0.39, 0.29) is 52.5 Å².